The van der Waals surface area contributed by atoms with Gasteiger partial charge >= 0.3 is 0 Å². The normalized spacial score (nSPS) is 18.1. The number of rotatable bonds is 7. The summed E-state index contributed by atoms with van der Waals surface area (Å²) < 4.78 is 11.5. The Kier molecular flexibility index (Phi) is 7.33. The van der Waals surface area contributed by atoms with Gasteiger partial charge in [0.1, 0.15) is 11.5 Å². The number of ether oxygens (including phenoxy) is 2. The second-order valence-electron chi connectivity index (χ2n) is 6.30. The molecule has 1 aliphatic heterocycles. The van der Waals surface area contributed by atoms with Crippen LogP contribution in [0.25, 0.3) is 0 Å². The first kappa shape index (κ1) is 21.4. The van der Waals surface area contributed by atoms with Gasteiger partial charge in [-0.25, -0.2) is 0 Å². The second kappa shape index (κ2) is 9.93. The van der Waals surface area contributed by atoms with Gasteiger partial charge in [0.15, 0.2) is 5.17 Å². The van der Waals surface area contributed by atoms with Crippen LogP contribution in [-0.4, -0.2) is 41.7 Å². The summed E-state index contributed by atoms with van der Waals surface area (Å²) in [6.07, 6.45) is 2.37. The fourth-order valence-electron chi connectivity index (χ4n) is 2.85. The monoisotopic (exact) mass is 475 g/mol. The van der Waals surface area contributed by atoms with E-state index in [9.17, 15) is 4.79 Å². The first-order chi connectivity index (χ1) is 14.0. The Bertz CT molecular complexity index is 931. The highest BCUT2D eigenvalue weighted by Gasteiger charge is 2.36. The summed E-state index contributed by atoms with van der Waals surface area (Å²) in [5, 5.41) is 9.03. The molecule has 1 saturated heterocycles. The molecule has 0 saturated carbocycles. The van der Waals surface area contributed by atoms with E-state index in [0.717, 1.165) is 27.8 Å². The summed E-state index contributed by atoms with van der Waals surface area (Å²) in [6.45, 7) is 2.45. The lowest BCUT2D eigenvalue weighted by Gasteiger charge is -2.16. The zero-order chi connectivity index (χ0) is 20.8. The van der Waals surface area contributed by atoms with Gasteiger partial charge < -0.3 is 9.47 Å². The van der Waals surface area contributed by atoms with Crippen molar-refractivity contribution in [3.63, 3.8) is 0 Å². The maximum atomic E-state index is 12.8. The summed E-state index contributed by atoms with van der Waals surface area (Å²) in [5.74, 6) is 1.54. The third kappa shape index (κ3) is 5.19. The number of methoxy groups -OCH3 is 2. The van der Waals surface area contributed by atoms with E-state index in [-0.39, 0.29) is 11.2 Å². The van der Waals surface area contributed by atoms with Gasteiger partial charge in [-0.05, 0) is 42.3 Å². The minimum Gasteiger partial charge on any atom is -0.497 e. The van der Waals surface area contributed by atoms with E-state index >= 15 is 0 Å². The molecule has 1 amide bonds. The maximum absolute atomic E-state index is 12.8. The summed E-state index contributed by atoms with van der Waals surface area (Å²) in [7, 11) is 3.24. The van der Waals surface area contributed by atoms with E-state index in [4.69, 9.17) is 9.47 Å². The highest BCUT2D eigenvalue weighted by atomic mass is 79.9. The van der Waals surface area contributed by atoms with Gasteiger partial charge in [0.05, 0.1) is 32.2 Å². The summed E-state index contributed by atoms with van der Waals surface area (Å²) in [4.78, 5) is 14.5. The number of carbonyl (C=O) groups excluding carboxylic acids is 1. The zero-order valence-corrected chi connectivity index (χ0v) is 18.9. The molecule has 152 valence electrons. The highest BCUT2D eigenvalue weighted by molar-refractivity contribution is 9.10. The van der Waals surface area contributed by atoms with Crippen molar-refractivity contribution >= 4 is 45.0 Å². The smallest absolute Gasteiger partial charge is 0.242 e. The number of benzene rings is 2. The Balaban J connectivity index is 1.82. The van der Waals surface area contributed by atoms with Crippen LogP contribution in [-0.2, 0) is 11.3 Å². The molecule has 0 bridgehead atoms. The van der Waals surface area contributed by atoms with E-state index in [0.29, 0.717) is 17.5 Å². The van der Waals surface area contributed by atoms with Crippen molar-refractivity contribution in [1.29, 1.82) is 0 Å². The number of halogens is 1. The Hall–Kier alpha value is -2.32. The fourth-order valence-corrected chi connectivity index (χ4v) is 4.25. The van der Waals surface area contributed by atoms with Crippen LogP contribution in [0.1, 0.15) is 24.5 Å². The number of amidine groups is 1. The number of hydrogen-bond acceptors (Lipinski definition) is 6. The van der Waals surface area contributed by atoms with E-state index in [2.05, 4.69) is 26.1 Å². The highest BCUT2D eigenvalue weighted by Crippen LogP contribution is 2.31. The average molecular weight is 476 g/mol. The van der Waals surface area contributed by atoms with Crippen molar-refractivity contribution in [2.45, 2.75) is 25.1 Å². The van der Waals surface area contributed by atoms with Crippen molar-refractivity contribution in [3.05, 3.63) is 58.1 Å². The number of thioether (sulfide) groups is 1. The quantitative estimate of drug-likeness (QED) is 0.429. The standard InChI is InChI=1S/C21H22BrN3O3S/c1-4-19-20(26)25(13-14-5-8-17(27-2)9-6-14)21(29-19)24-23-12-15-11-16(22)7-10-18(15)28-3/h5-12,19H,4,13H2,1-3H3/b23-12-,24-21+/t19-/m1/s1. The lowest BCUT2D eigenvalue weighted by atomic mass is 10.2. The largest absolute Gasteiger partial charge is 0.497 e. The maximum Gasteiger partial charge on any atom is 0.242 e. The zero-order valence-electron chi connectivity index (χ0n) is 16.5. The molecule has 1 aliphatic rings. The van der Waals surface area contributed by atoms with Crippen molar-refractivity contribution < 1.29 is 14.3 Å². The van der Waals surface area contributed by atoms with Gasteiger partial charge in [-0.15, -0.1) is 5.10 Å². The molecule has 3 rings (SSSR count). The van der Waals surface area contributed by atoms with E-state index in [1.165, 1.54) is 11.8 Å². The molecule has 0 N–H and O–H groups in total. The predicted octanol–water partition coefficient (Wildman–Crippen LogP) is 4.71. The van der Waals surface area contributed by atoms with Crippen molar-refractivity contribution in [1.82, 2.24) is 4.90 Å². The molecule has 6 nitrogen and oxygen atoms in total. The van der Waals surface area contributed by atoms with Gasteiger partial charge in [-0.2, -0.15) is 5.10 Å². The molecule has 1 heterocycles. The molecule has 29 heavy (non-hydrogen) atoms. The molecular formula is C21H22BrN3O3S. The first-order valence-corrected chi connectivity index (χ1v) is 10.8. The SMILES string of the molecule is CC[C@H]1S/C(=N/N=C\c2cc(Br)ccc2OC)N(Cc2ccc(OC)cc2)C1=O. The van der Waals surface area contributed by atoms with Crippen LogP contribution in [0.15, 0.2) is 57.1 Å². The second-order valence-corrected chi connectivity index (χ2v) is 8.39. The van der Waals surface area contributed by atoms with Gasteiger partial charge in [0.25, 0.3) is 0 Å². The molecule has 1 atom stereocenters. The third-order valence-electron chi connectivity index (χ3n) is 4.42. The fraction of sp³-hybridized carbons (Fsp3) is 0.286. The molecule has 1 fully saturated rings. The van der Waals surface area contributed by atoms with E-state index in [1.807, 2.05) is 49.4 Å². The van der Waals surface area contributed by atoms with Gasteiger partial charge in [-0.1, -0.05) is 46.7 Å². The molecule has 0 aromatic heterocycles. The van der Waals surface area contributed by atoms with Gasteiger partial charge in [-0.3, -0.25) is 9.69 Å². The molecule has 8 heteroatoms. The number of nitrogens with zero attached hydrogens (tertiary/aromatic N) is 3. The molecule has 0 unspecified atom stereocenters. The number of carbonyl (C=O) groups is 1. The van der Waals surface area contributed by atoms with Crippen molar-refractivity contribution in [2.24, 2.45) is 10.2 Å². The van der Waals surface area contributed by atoms with Crippen LogP contribution in [0.3, 0.4) is 0 Å². The summed E-state index contributed by atoms with van der Waals surface area (Å²) in [6, 6.07) is 13.3. The van der Waals surface area contributed by atoms with Crippen LogP contribution < -0.4 is 9.47 Å². The van der Waals surface area contributed by atoms with Gasteiger partial charge in [0, 0.05) is 10.0 Å². The average Bonchev–Trinajstić information content (AvgIpc) is 3.03. The van der Waals surface area contributed by atoms with Crippen LogP contribution in [0.2, 0.25) is 0 Å². The predicted molar refractivity (Wildman–Crippen MR) is 121 cm³/mol. The van der Waals surface area contributed by atoms with Gasteiger partial charge in [0.2, 0.25) is 5.91 Å². The molecule has 2 aromatic carbocycles. The van der Waals surface area contributed by atoms with Crippen LogP contribution in [0.4, 0.5) is 0 Å². The number of amides is 1. The first-order valence-electron chi connectivity index (χ1n) is 9.11. The Morgan fingerprint density at radius 3 is 2.59 bits per heavy atom. The van der Waals surface area contributed by atoms with E-state index in [1.54, 1.807) is 25.3 Å². The molecule has 0 aliphatic carbocycles. The van der Waals surface area contributed by atoms with Crippen molar-refractivity contribution in [3.8, 4) is 11.5 Å². The van der Waals surface area contributed by atoms with Crippen LogP contribution >= 0.6 is 27.7 Å². The molecule has 2 aromatic rings. The molecule has 0 spiro atoms. The topological polar surface area (TPSA) is 63.5 Å². The summed E-state index contributed by atoms with van der Waals surface area (Å²) in [5.41, 5.74) is 1.80. The summed E-state index contributed by atoms with van der Waals surface area (Å²) >= 11 is 4.90. The lowest BCUT2D eigenvalue weighted by Crippen LogP contribution is -2.31. The Morgan fingerprint density at radius 2 is 1.93 bits per heavy atom. The number of hydrogen-bond donors (Lipinski definition) is 0. The van der Waals surface area contributed by atoms with Crippen LogP contribution in [0, 0.1) is 0 Å². The Morgan fingerprint density at radius 1 is 1.17 bits per heavy atom. The lowest BCUT2D eigenvalue weighted by molar-refractivity contribution is -0.126. The molecule has 0 radical (unpaired) electrons. The van der Waals surface area contributed by atoms with E-state index < -0.39 is 0 Å². The third-order valence-corrected chi connectivity index (χ3v) is 6.25. The Labute approximate surface area is 183 Å². The minimum atomic E-state index is -0.136. The van der Waals surface area contributed by atoms with Crippen molar-refractivity contribution in [2.75, 3.05) is 14.2 Å². The van der Waals surface area contributed by atoms with Crippen LogP contribution in [0.5, 0.6) is 11.5 Å². The molecular weight excluding hydrogens is 454 g/mol. The minimum absolute atomic E-state index is 0.0577.